The summed E-state index contributed by atoms with van der Waals surface area (Å²) in [5, 5.41) is 0. The predicted octanol–water partition coefficient (Wildman–Crippen LogP) is 1.91. The van der Waals surface area contributed by atoms with Crippen molar-refractivity contribution < 1.29 is 0 Å². The minimum Gasteiger partial charge on any atom is -0.330 e. The molecule has 2 unspecified atom stereocenters. The van der Waals surface area contributed by atoms with Gasteiger partial charge in [-0.1, -0.05) is 6.92 Å². The SMILES string of the molecule is Cc1ncsc1CCN1CCC(C)C(CN)C1. The van der Waals surface area contributed by atoms with Crippen LogP contribution >= 0.6 is 11.3 Å². The first-order valence-electron chi connectivity index (χ1n) is 6.52. The molecule has 1 aliphatic rings. The molecule has 0 radical (unpaired) electrons. The van der Waals surface area contributed by atoms with E-state index in [0.29, 0.717) is 5.92 Å². The Balaban J connectivity index is 1.82. The Bertz CT molecular complexity index is 350. The van der Waals surface area contributed by atoms with Gasteiger partial charge in [-0.05, 0) is 44.7 Å². The van der Waals surface area contributed by atoms with Gasteiger partial charge in [0.1, 0.15) is 0 Å². The lowest BCUT2D eigenvalue weighted by atomic mass is 9.87. The standard InChI is InChI=1S/C13H23N3S/c1-10-3-5-16(8-12(10)7-14)6-4-13-11(2)15-9-17-13/h9-10,12H,3-8,14H2,1-2H3. The van der Waals surface area contributed by atoms with Crippen molar-refractivity contribution in [2.24, 2.45) is 17.6 Å². The number of hydrogen-bond donors (Lipinski definition) is 1. The average Bonchev–Trinajstić information content (AvgIpc) is 2.74. The minimum atomic E-state index is 0.686. The van der Waals surface area contributed by atoms with Crippen LogP contribution in [0.2, 0.25) is 0 Å². The molecular formula is C13H23N3S. The lowest BCUT2D eigenvalue weighted by Gasteiger charge is -2.36. The smallest absolute Gasteiger partial charge is 0.0797 e. The second-order valence-corrected chi connectivity index (χ2v) is 6.11. The van der Waals surface area contributed by atoms with E-state index in [-0.39, 0.29) is 0 Å². The van der Waals surface area contributed by atoms with Crippen molar-refractivity contribution >= 4 is 11.3 Å². The van der Waals surface area contributed by atoms with Gasteiger partial charge >= 0.3 is 0 Å². The molecular weight excluding hydrogens is 230 g/mol. The van der Waals surface area contributed by atoms with Gasteiger partial charge in [0.25, 0.3) is 0 Å². The molecule has 2 N–H and O–H groups in total. The summed E-state index contributed by atoms with van der Waals surface area (Å²) >= 11 is 1.78. The summed E-state index contributed by atoms with van der Waals surface area (Å²) < 4.78 is 0. The van der Waals surface area contributed by atoms with Crippen LogP contribution in [0.5, 0.6) is 0 Å². The first-order valence-corrected chi connectivity index (χ1v) is 7.40. The monoisotopic (exact) mass is 253 g/mol. The molecule has 0 aliphatic carbocycles. The zero-order valence-electron chi connectivity index (χ0n) is 10.9. The van der Waals surface area contributed by atoms with Crippen LogP contribution in [0, 0.1) is 18.8 Å². The van der Waals surface area contributed by atoms with Crippen LogP contribution in [-0.2, 0) is 6.42 Å². The second kappa shape index (κ2) is 5.94. The van der Waals surface area contributed by atoms with Crippen molar-refractivity contribution in [2.45, 2.75) is 26.7 Å². The topological polar surface area (TPSA) is 42.2 Å². The zero-order chi connectivity index (χ0) is 12.3. The van der Waals surface area contributed by atoms with Gasteiger partial charge in [0.05, 0.1) is 11.2 Å². The van der Waals surface area contributed by atoms with E-state index in [1.54, 1.807) is 11.3 Å². The van der Waals surface area contributed by atoms with Crippen molar-refractivity contribution in [3.63, 3.8) is 0 Å². The molecule has 1 aliphatic heterocycles. The fourth-order valence-electron chi connectivity index (χ4n) is 2.56. The normalized spacial score (nSPS) is 26.3. The summed E-state index contributed by atoms with van der Waals surface area (Å²) in [6.07, 6.45) is 2.44. The number of nitrogens with two attached hydrogens (primary N) is 1. The predicted molar refractivity (Wildman–Crippen MR) is 73.3 cm³/mol. The number of likely N-dealkylation sites (tertiary alicyclic amines) is 1. The highest BCUT2D eigenvalue weighted by molar-refractivity contribution is 7.09. The van der Waals surface area contributed by atoms with E-state index in [1.807, 2.05) is 5.51 Å². The molecule has 0 bridgehead atoms. The van der Waals surface area contributed by atoms with E-state index in [2.05, 4.69) is 23.7 Å². The highest BCUT2D eigenvalue weighted by Crippen LogP contribution is 2.23. The molecule has 1 aromatic rings. The summed E-state index contributed by atoms with van der Waals surface area (Å²) in [7, 11) is 0. The summed E-state index contributed by atoms with van der Waals surface area (Å²) in [6, 6.07) is 0. The summed E-state index contributed by atoms with van der Waals surface area (Å²) in [5.74, 6) is 1.48. The molecule has 1 aromatic heterocycles. The van der Waals surface area contributed by atoms with E-state index in [4.69, 9.17) is 5.73 Å². The molecule has 3 nitrogen and oxygen atoms in total. The van der Waals surface area contributed by atoms with Crippen LogP contribution in [0.4, 0.5) is 0 Å². The molecule has 2 rings (SSSR count). The van der Waals surface area contributed by atoms with Gasteiger partial charge in [0.15, 0.2) is 0 Å². The molecule has 1 saturated heterocycles. The molecule has 96 valence electrons. The van der Waals surface area contributed by atoms with Gasteiger partial charge in [-0.2, -0.15) is 0 Å². The van der Waals surface area contributed by atoms with E-state index in [1.165, 1.54) is 30.1 Å². The van der Waals surface area contributed by atoms with Gasteiger partial charge in [-0.25, -0.2) is 4.98 Å². The van der Waals surface area contributed by atoms with E-state index < -0.39 is 0 Å². The number of aromatic nitrogens is 1. The van der Waals surface area contributed by atoms with Crippen LogP contribution in [0.1, 0.15) is 23.9 Å². The Morgan fingerprint density at radius 3 is 3.06 bits per heavy atom. The fraction of sp³-hybridized carbons (Fsp3) is 0.769. The van der Waals surface area contributed by atoms with Gasteiger partial charge in [0, 0.05) is 18.0 Å². The maximum absolute atomic E-state index is 5.84. The van der Waals surface area contributed by atoms with E-state index >= 15 is 0 Å². The lowest BCUT2D eigenvalue weighted by Crippen LogP contribution is -2.43. The Labute approximate surface area is 108 Å². The van der Waals surface area contributed by atoms with Crippen LogP contribution < -0.4 is 5.73 Å². The van der Waals surface area contributed by atoms with Gasteiger partial charge in [0.2, 0.25) is 0 Å². The van der Waals surface area contributed by atoms with Crippen molar-refractivity contribution in [2.75, 3.05) is 26.2 Å². The van der Waals surface area contributed by atoms with E-state index in [0.717, 1.165) is 25.4 Å². The number of piperidine rings is 1. The molecule has 0 aromatic carbocycles. The fourth-order valence-corrected chi connectivity index (χ4v) is 3.33. The molecule has 2 heterocycles. The van der Waals surface area contributed by atoms with Gasteiger partial charge < -0.3 is 10.6 Å². The summed E-state index contributed by atoms with van der Waals surface area (Å²) in [5.41, 5.74) is 8.99. The minimum absolute atomic E-state index is 0.686. The van der Waals surface area contributed by atoms with Crippen molar-refractivity contribution in [3.8, 4) is 0 Å². The summed E-state index contributed by atoms with van der Waals surface area (Å²) in [4.78, 5) is 8.31. The van der Waals surface area contributed by atoms with Crippen molar-refractivity contribution in [1.82, 2.24) is 9.88 Å². The molecule has 1 fully saturated rings. The van der Waals surface area contributed by atoms with Crippen LogP contribution in [0.15, 0.2) is 5.51 Å². The molecule has 0 saturated carbocycles. The third-order valence-corrected chi connectivity index (χ3v) is 5.00. The molecule has 0 amide bonds. The first kappa shape index (κ1) is 13.0. The molecule has 0 spiro atoms. The first-order chi connectivity index (χ1) is 8.20. The lowest BCUT2D eigenvalue weighted by molar-refractivity contribution is 0.134. The largest absolute Gasteiger partial charge is 0.330 e. The van der Waals surface area contributed by atoms with Crippen LogP contribution in [0.3, 0.4) is 0 Å². The highest BCUT2D eigenvalue weighted by atomic mass is 32.1. The number of thiazole rings is 1. The average molecular weight is 253 g/mol. The maximum atomic E-state index is 5.84. The number of rotatable bonds is 4. The Hall–Kier alpha value is -0.450. The zero-order valence-corrected chi connectivity index (χ0v) is 11.7. The molecule has 4 heteroatoms. The third-order valence-electron chi connectivity index (χ3n) is 4.00. The Morgan fingerprint density at radius 2 is 2.41 bits per heavy atom. The second-order valence-electron chi connectivity index (χ2n) is 5.17. The number of hydrogen-bond acceptors (Lipinski definition) is 4. The maximum Gasteiger partial charge on any atom is 0.0797 e. The van der Waals surface area contributed by atoms with E-state index in [9.17, 15) is 0 Å². The quantitative estimate of drug-likeness (QED) is 0.891. The summed E-state index contributed by atoms with van der Waals surface area (Å²) in [6.45, 7) is 8.84. The molecule has 17 heavy (non-hydrogen) atoms. The third kappa shape index (κ3) is 3.27. The van der Waals surface area contributed by atoms with Crippen LogP contribution in [-0.4, -0.2) is 36.1 Å². The van der Waals surface area contributed by atoms with Crippen LogP contribution in [0.25, 0.3) is 0 Å². The Kier molecular flexibility index (Phi) is 4.54. The number of aryl methyl sites for hydroxylation is 1. The number of nitrogens with zero attached hydrogens (tertiary/aromatic N) is 2. The molecule has 2 atom stereocenters. The Morgan fingerprint density at radius 1 is 1.59 bits per heavy atom. The van der Waals surface area contributed by atoms with Crippen molar-refractivity contribution in [3.05, 3.63) is 16.1 Å². The van der Waals surface area contributed by atoms with Gasteiger partial charge in [-0.3, -0.25) is 0 Å². The van der Waals surface area contributed by atoms with Crippen molar-refractivity contribution in [1.29, 1.82) is 0 Å². The highest BCUT2D eigenvalue weighted by Gasteiger charge is 2.24. The van der Waals surface area contributed by atoms with Gasteiger partial charge in [-0.15, -0.1) is 11.3 Å².